The third-order valence-corrected chi connectivity index (χ3v) is 4.47. The van der Waals surface area contributed by atoms with Gasteiger partial charge in [0.2, 0.25) is 0 Å². The molecule has 0 bridgehead atoms. The molecule has 0 aromatic heterocycles. The first-order valence-electron chi connectivity index (χ1n) is 5.97. The summed E-state index contributed by atoms with van der Waals surface area (Å²) in [6, 6.07) is 0. The fourth-order valence-corrected chi connectivity index (χ4v) is 3.11. The molecule has 0 radical (unpaired) electrons. The Balaban J connectivity index is 2.90. The Bertz CT molecular complexity index is 168. The SMILES string of the molecule is CCCCCCNCCSSCCC(=N)[O-]. The number of rotatable bonds is 12. The van der Waals surface area contributed by atoms with Crippen LogP contribution in [0.1, 0.15) is 39.0 Å². The Labute approximate surface area is 107 Å². The van der Waals surface area contributed by atoms with Crippen molar-refractivity contribution >= 4 is 27.5 Å². The zero-order chi connectivity index (χ0) is 12.1. The third-order valence-electron chi connectivity index (χ3n) is 2.07. The Hall–Kier alpha value is 0.130. The van der Waals surface area contributed by atoms with Crippen molar-refractivity contribution in [3.63, 3.8) is 0 Å². The first-order valence-corrected chi connectivity index (χ1v) is 8.45. The Kier molecular flexibility index (Phi) is 13.3. The molecule has 16 heavy (non-hydrogen) atoms. The monoisotopic (exact) mass is 263 g/mol. The van der Waals surface area contributed by atoms with E-state index in [1.54, 1.807) is 21.6 Å². The van der Waals surface area contributed by atoms with Crippen molar-refractivity contribution in [2.75, 3.05) is 24.6 Å². The maximum Gasteiger partial charge on any atom is 0.0162 e. The standard InChI is InChI=1S/C11H24N2OS2/c1-2-3-4-5-7-13-8-10-16-15-9-6-11(12)14/h13H,2-10H2,1H3,(H2,12,14)/p-1. The predicted octanol–water partition coefficient (Wildman–Crippen LogP) is 2.27. The van der Waals surface area contributed by atoms with E-state index < -0.39 is 5.90 Å². The van der Waals surface area contributed by atoms with Crippen LogP contribution in [0, 0.1) is 5.41 Å². The van der Waals surface area contributed by atoms with E-state index in [2.05, 4.69) is 12.2 Å². The van der Waals surface area contributed by atoms with Crippen LogP contribution < -0.4 is 10.4 Å². The van der Waals surface area contributed by atoms with Gasteiger partial charge in [-0.3, -0.25) is 0 Å². The van der Waals surface area contributed by atoms with E-state index in [0.29, 0.717) is 6.42 Å². The van der Waals surface area contributed by atoms with Crippen LogP contribution in [0.25, 0.3) is 0 Å². The normalized spacial score (nSPS) is 10.6. The summed E-state index contributed by atoms with van der Waals surface area (Å²) >= 11 is 0. The average molecular weight is 263 g/mol. The molecule has 2 N–H and O–H groups in total. The van der Waals surface area contributed by atoms with Gasteiger partial charge in [-0.05, 0) is 25.3 Å². The van der Waals surface area contributed by atoms with E-state index in [0.717, 1.165) is 24.6 Å². The molecule has 96 valence electrons. The minimum Gasteiger partial charge on any atom is -0.862 e. The van der Waals surface area contributed by atoms with Crippen LogP contribution in [0.4, 0.5) is 0 Å². The predicted molar refractivity (Wildman–Crippen MR) is 74.3 cm³/mol. The highest BCUT2D eigenvalue weighted by molar-refractivity contribution is 8.76. The molecule has 0 heterocycles. The van der Waals surface area contributed by atoms with Gasteiger partial charge in [0.15, 0.2) is 0 Å². The highest BCUT2D eigenvalue weighted by Gasteiger charge is 1.91. The first kappa shape index (κ1) is 16.1. The second kappa shape index (κ2) is 13.2. The second-order valence-corrected chi connectivity index (χ2v) is 6.33. The van der Waals surface area contributed by atoms with Gasteiger partial charge in [0.05, 0.1) is 0 Å². The van der Waals surface area contributed by atoms with Gasteiger partial charge in [-0.15, -0.1) is 0 Å². The molecule has 0 unspecified atom stereocenters. The lowest BCUT2D eigenvalue weighted by Crippen LogP contribution is -2.18. The van der Waals surface area contributed by atoms with Gasteiger partial charge in [0.1, 0.15) is 0 Å². The summed E-state index contributed by atoms with van der Waals surface area (Å²) in [7, 11) is 3.47. The maximum atomic E-state index is 10.3. The van der Waals surface area contributed by atoms with E-state index >= 15 is 0 Å². The van der Waals surface area contributed by atoms with Crippen LogP contribution in [0.15, 0.2) is 0 Å². The molecule has 0 aliphatic rings. The largest absolute Gasteiger partial charge is 0.862 e. The molecule has 0 saturated heterocycles. The lowest BCUT2D eigenvalue weighted by atomic mass is 10.2. The van der Waals surface area contributed by atoms with Crippen LogP contribution >= 0.6 is 21.6 Å². The Morgan fingerprint density at radius 1 is 1.12 bits per heavy atom. The highest BCUT2D eigenvalue weighted by Crippen LogP contribution is 2.20. The number of hydrogen-bond acceptors (Lipinski definition) is 5. The zero-order valence-corrected chi connectivity index (χ0v) is 11.7. The number of unbranched alkanes of at least 4 members (excludes halogenated alkanes) is 3. The summed E-state index contributed by atoms with van der Waals surface area (Å²) in [5, 5.41) is 20.5. The van der Waals surface area contributed by atoms with Gasteiger partial charge in [-0.1, -0.05) is 47.8 Å². The molecule has 0 saturated carbocycles. The van der Waals surface area contributed by atoms with Crippen molar-refractivity contribution in [3.8, 4) is 0 Å². The number of hydrogen-bond donors (Lipinski definition) is 2. The summed E-state index contributed by atoms with van der Waals surface area (Å²) in [6.07, 6.45) is 5.62. The van der Waals surface area contributed by atoms with Crippen molar-refractivity contribution in [1.82, 2.24) is 5.32 Å². The average Bonchev–Trinajstić information content (AvgIpc) is 2.25. The van der Waals surface area contributed by atoms with Crippen molar-refractivity contribution < 1.29 is 5.11 Å². The molecule has 0 aromatic carbocycles. The van der Waals surface area contributed by atoms with E-state index in [1.807, 2.05) is 0 Å². The topological polar surface area (TPSA) is 58.9 Å². The lowest BCUT2D eigenvalue weighted by Gasteiger charge is -2.06. The van der Waals surface area contributed by atoms with Crippen molar-refractivity contribution in [2.45, 2.75) is 39.0 Å². The molecule has 3 nitrogen and oxygen atoms in total. The quantitative estimate of drug-likeness (QED) is 0.245. The van der Waals surface area contributed by atoms with E-state index in [9.17, 15) is 5.11 Å². The van der Waals surface area contributed by atoms with Gasteiger partial charge in [-0.25, -0.2) is 0 Å². The van der Waals surface area contributed by atoms with Gasteiger partial charge < -0.3 is 15.8 Å². The van der Waals surface area contributed by atoms with E-state index in [4.69, 9.17) is 5.41 Å². The fraction of sp³-hybridized carbons (Fsp3) is 0.909. The minimum absolute atomic E-state index is 0.377. The molecule has 0 aliphatic heterocycles. The molecular formula is C11H23N2OS2-. The summed E-state index contributed by atoms with van der Waals surface area (Å²) in [5.41, 5.74) is 0. The molecule has 0 aromatic rings. The lowest BCUT2D eigenvalue weighted by molar-refractivity contribution is -0.219. The van der Waals surface area contributed by atoms with Gasteiger partial charge >= 0.3 is 0 Å². The molecule has 0 spiro atoms. The maximum absolute atomic E-state index is 10.3. The summed E-state index contributed by atoms with van der Waals surface area (Å²) in [4.78, 5) is 0. The summed E-state index contributed by atoms with van der Waals surface area (Å²) < 4.78 is 0. The highest BCUT2D eigenvalue weighted by atomic mass is 33.1. The molecular weight excluding hydrogens is 240 g/mol. The van der Waals surface area contributed by atoms with Gasteiger partial charge in [0, 0.05) is 18.1 Å². The number of nitrogens with one attached hydrogen (secondary N) is 2. The molecule has 0 aliphatic carbocycles. The first-order chi connectivity index (χ1) is 7.77. The van der Waals surface area contributed by atoms with Crippen LogP contribution in [0.2, 0.25) is 0 Å². The van der Waals surface area contributed by atoms with Gasteiger partial charge in [0.25, 0.3) is 0 Å². The molecule has 0 rings (SSSR count). The fourth-order valence-electron chi connectivity index (χ4n) is 1.17. The Morgan fingerprint density at radius 2 is 1.88 bits per heavy atom. The molecule has 0 amide bonds. The smallest absolute Gasteiger partial charge is 0.0162 e. The van der Waals surface area contributed by atoms with Crippen LogP contribution in [0.5, 0.6) is 0 Å². The van der Waals surface area contributed by atoms with Crippen LogP contribution in [-0.4, -0.2) is 30.5 Å². The van der Waals surface area contributed by atoms with Crippen LogP contribution in [0.3, 0.4) is 0 Å². The molecule has 0 fully saturated rings. The van der Waals surface area contributed by atoms with Crippen LogP contribution in [-0.2, 0) is 0 Å². The van der Waals surface area contributed by atoms with E-state index in [-0.39, 0.29) is 0 Å². The van der Waals surface area contributed by atoms with Crippen molar-refractivity contribution in [2.24, 2.45) is 0 Å². The van der Waals surface area contributed by atoms with Crippen molar-refractivity contribution in [3.05, 3.63) is 0 Å². The minimum atomic E-state index is -0.456. The molecule has 5 heteroatoms. The zero-order valence-electron chi connectivity index (χ0n) is 10.1. The van der Waals surface area contributed by atoms with E-state index in [1.165, 1.54) is 25.7 Å². The molecule has 0 atom stereocenters. The van der Waals surface area contributed by atoms with Crippen molar-refractivity contribution in [1.29, 1.82) is 5.41 Å². The summed E-state index contributed by atoms with van der Waals surface area (Å²) in [5.74, 6) is 1.39. The third kappa shape index (κ3) is 14.1. The summed E-state index contributed by atoms with van der Waals surface area (Å²) in [6.45, 7) is 4.39. The second-order valence-electron chi connectivity index (χ2n) is 3.63. The van der Waals surface area contributed by atoms with Gasteiger partial charge in [-0.2, -0.15) is 0 Å². The Morgan fingerprint density at radius 3 is 2.56 bits per heavy atom.